The van der Waals surface area contributed by atoms with Crippen molar-refractivity contribution in [3.05, 3.63) is 35.4 Å². The van der Waals surface area contributed by atoms with Crippen LogP contribution >= 0.6 is 12.4 Å². The van der Waals surface area contributed by atoms with Gasteiger partial charge in [-0.05, 0) is 18.6 Å². The number of carbonyl (C=O) groups excluding carboxylic acids is 1. The fourth-order valence-corrected chi connectivity index (χ4v) is 1.64. The molecule has 2 N–H and O–H groups in total. The molecule has 0 aliphatic heterocycles. The minimum absolute atomic E-state index is 0. The zero-order valence-electron chi connectivity index (χ0n) is 11.3. The molecule has 0 spiro atoms. The molecule has 0 saturated heterocycles. The van der Waals surface area contributed by atoms with Crippen molar-refractivity contribution < 1.29 is 18.0 Å². The molecule has 7 heteroatoms. The lowest BCUT2D eigenvalue weighted by atomic mass is 10.0. The van der Waals surface area contributed by atoms with E-state index >= 15 is 0 Å². The highest BCUT2D eigenvalue weighted by Crippen LogP contribution is 2.32. The molecular weight excluding hydrogens is 293 g/mol. The maximum absolute atomic E-state index is 12.8. The molecule has 1 amide bonds. The van der Waals surface area contributed by atoms with Gasteiger partial charge in [-0.3, -0.25) is 4.79 Å². The van der Waals surface area contributed by atoms with Crippen LogP contribution in [0.2, 0.25) is 0 Å². The Bertz CT molecular complexity index is 451. The molecule has 1 rings (SSSR count). The number of halogens is 4. The van der Waals surface area contributed by atoms with Crippen molar-refractivity contribution in [3.8, 4) is 0 Å². The molecule has 0 saturated carbocycles. The molecule has 1 unspecified atom stereocenters. The first-order chi connectivity index (χ1) is 8.77. The third-order valence-corrected chi connectivity index (χ3v) is 3.06. The van der Waals surface area contributed by atoms with Gasteiger partial charge >= 0.3 is 6.18 Å². The van der Waals surface area contributed by atoms with Crippen LogP contribution in [0.5, 0.6) is 0 Å². The molecule has 0 radical (unpaired) electrons. The molecule has 3 nitrogen and oxygen atoms in total. The van der Waals surface area contributed by atoms with Gasteiger partial charge in [0.25, 0.3) is 0 Å². The van der Waals surface area contributed by atoms with Gasteiger partial charge in [-0.1, -0.05) is 18.2 Å². The van der Waals surface area contributed by atoms with E-state index in [4.69, 9.17) is 5.73 Å². The standard InChI is InChI=1S/C13H17F3N2O.ClH/c1-9(8-17)18(2)12(19)7-10-5-3-4-6-11(10)13(14,15)16;/h3-6,9H,7-8,17H2,1-2H3;1H. The van der Waals surface area contributed by atoms with Gasteiger partial charge < -0.3 is 10.6 Å². The highest BCUT2D eigenvalue weighted by Gasteiger charge is 2.33. The lowest BCUT2D eigenvalue weighted by Gasteiger charge is -2.24. The van der Waals surface area contributed by atoms with Crippen molar-refractivity contribution in [2.24, 2.45) is 5.73 Å². The first-order valence-electron chi connectivity index (χ1n) is 5.88. The minimum Gasteiger partial charge on any atom is -0.341 e. The van der Waals surface area contributed by atoms with Crippen molar-refractivity contribution in [2.75, 3.05) is 13.6 Å². The third kappa shape index (κ3) is 4.68. The molecule has 1 aromatic rings. The Morgan fingerprint density at radius 2 is 1.90 bits per heavy atom. The SMILES string of the molecule is CC(CN)N(C)C(=O)Cc1ccccc1C(F)(F)F.Cl. The van der Waals surface area contributed by atoms with E-state index in [2.05, 4.69) is 0 Å². The summed E-state index contributed by atoms with van der Waals surface area (Å²) in [5, 5.41) is 0. The van der Waals surface area contributed by atoms with Crippen LogP contribution < -0.4 is 5.73 Å². The summed E-state index contributed by atoms with van der Waals surface area (Å²) in [7, 11) is 1.54. The first-order valence-corrected chi connectivity index (χ1v) is 5.88. The smallest absolute Gasteiger partial charge is 0.341 e. The maximum Gasteiger partial charge on any atom is 0.416 e. The summed E-state index contributed by atoms with van der Waals surface area (Å²) >= 11 is 0. The van der Waals surface area contributed by atoms with Gasteiger partial charge in [-0.2, -0.15) is 13.2 Å². The summed E-state index contributed by atoms with van der Waals surface area (Å²) in [6.07, 6.45) is -4.73. The molecule has 0 aliphatic rings. The minimum atomic E-state index is -4.45. The average molecular weight is 311 g/mol. The van der Waals surface area contributed by atoms with Crippen LogP contribution in [0.3, 0.4) is 0 Å². The van der Waals surface area contributed by atoms with Crippen LogP contribution in [-0.4, -0.2) is 30.4 Å². The van der Waals surface area contributed by atoms with E-state index < -0.39 is 11.7 Å². The van der Waals surface area contributed by atoms with E-state index in [1.54, 1.807) is 6.92 Å². The molecular formula is C13H18ClF3N2O. The molecule has 0 fully saturated rings. The van der Waals surface area contributed by atoms with E-state index in [9.17, 15) is 18.0 Å². The van der Waals surface area contributed by atoms with Gasteiger partial charge in [0, 0.05) is 19.6 Å². The highest BCUT2D eigenvalue weighted by molar-refractivity contribution is 5.85. The quantitative estimate of drug-likeness (QED) is 0.928. The molecule has 1 atom stereocenters. The molecule has 20 heavy (non-hydrogen) atoms. The third-order valence-electron chi connectivity index (χ3n) is 3.06. The van der Waals surface area contributed by atoms with Crippen LogP contribution in [-0.2, 0) is 17.4 Å². The van der Waals surface area contributed by atoms with E-state index in [1.165, 1.54) is 30.1 Å². The van der Waals surface area contributed by atoms with E-state index in [0.29, 0.717) is 0 Å². The van der Waals surface area contributed by atoms with Crippen LogP contribution in [0, 0.1) is 0 Å². The topological polar surface area (TPSA) is 46.3 Å². The number of nitrogens with zero attached hydrogens (tertiary/aromatic N) is 1. The van der Waals surface area contributed by atoms with E-state index in [1.807, 2.05) is 0 Å². The van der Waals surface area contributed by atoms with Crippen LogP contribution in [0.25, 0.3) is 0 Å². The zero-order chi connectivity index (χ0) is 14.6. The maximum atomic E-state index is 12.8. The average Bonchev–Trinajstić information content (AvgIpc) is 2.36. The summed E-state index contributed by atoms with van der Waals surface area (Å²) < 4.78 is 38.3. The van der Waals surface area contributed by atoms with Crippen molar-refractivity contribution in [1.29, 1.82) is 0 Å². The Morgan fingerprint density at radius 1 is 1.35 bits per heavy atom. The van der Waals surface area contributed by atoms with Crippen molar-refractivity contribution >= 4 is 18.3 Å². The van der Waals surface area contributed by atoms with Crippen molar-refractivity contribution in [2.45, 2.75) is 25.6 Å². The summed E-state index contributed by atoms with van der Waals surface area (Å²) in [5.41, 5.74) is 4.65. The number of benzene rings is 1. The number of rotatable bonds is 4. The number of alkyl halides is 3. The number of likely N-dealkylation sites (N-methyl/N-ethyl adjacent to an activating group) is 1. The summed E-state index contributed by atoms with van der Waals surface area (Å²) in [5.74, 6) is -0.380. The first kappa shape index (κ1) is 18.7. The lowest BCUT2D eigenvalue weighted by Crippen LogP contribution is -2.40. The number of hydrogen-bond donors (Lipinski definition) is 1. The number of carbonyl (C=O) groups is 1. The lowest BCUT2D eigenvalue weighted by molar-refractivity contribution is -0.138. The summed E-state index contributed by atoms with van der Waals surface area (Å²) in [4.78, 5) is 13.3. The number of nitrogens with two attached hydrogens (primary N) is 1. The fourth-order valence-electron chi connectivity index (χ4n) is 1.64. The Morgan fingerprint density at radius 3 is 2.40 bits per heavy atom. The molecule has 1 aromatic carbocycles. The van der Waals surface area contributed by atoms with Crippen LogP contribution in [0.15, 0.2) is 24.3 Å². The monoisotopic (exact) mass is 310 g/mol. The number of amides is 1. The second kappa shape index (κ2) is 7.50. The second-order valence-electron chi connectivity index (χ2n) is 4.42. The van der Waals surface area contributed by atoms with Gasteiger partial charge in [0.1, 0.15) is 0 Å². The molecule has 0 aliphatic carbocycles. The van der Waals surface area contributed by atoms with Gasteiger partial charge in [0.15, 0.2) is 0 Å². The zero-order valence-corrected chi connectivity index (χ0v) is 12.1. The Kier molecular flexibility index (Phi) is 7.02. The summed E-state index contributed by atoms with van der Waals surface area (Å²) in [6, 6.07) is 4.90. The molecule has 0 heterocycles. The molecule has 0 aromatic heterocycles. The van der Waals surface area contributed by atoms with Gasteiger partial charge in [0.2, 0.25) is 5.91 Å². The Labute approximate surface area is 122 Å². The van der Waals surface area contributed by atoms with Crippen LogP contribution in [0.4, 0.5) is 13.2 Å². The van der Waals surface area contributed by atoms with Crippen molar-refractivity contribution in [3.63, 3.8) is 0 Å². The highest BCUT2D eigenvalue weighted by atomic mass is 35.5. The Hall–Kier alpha value is -1.27. The van der Waals surface area contributed by atoms with E-state index in [0.717, 1.165) is 6.07 Å². The predicted octanol–water partition coefficient (Wildman–Crippen LogP) is 2.48. The molecule has 0 bridgehead atoms. The van der Waals surface area contributed by atoms with Crippen LogP contribution in [0.1, 0.15) is 18.1 Å². The predicted molar refractivity (Wildman–Crippen MR) is 73.7 cm³/mol. The Balaban J connectivity index is 0.00000361. The number of hydrogen-bond acceptors (Lipinski definition) is 2. The molecule has 114 valence electrons. The largest absolute Gasteiger partial charge is 0.416 e. The fraction of sp³-hybridized carbons (Fsp3) is 0.462. The van der Waals surface area contributed by atoms with E-state index in [-0.39, 0.29) is 42.9 Å². The summed E-state index contributed by atoms with van der Waals surface area (Å²) in [6.45, 7) is 2.01. The van der Waals surface area contributed by atoms with Gasteiger partial charge in [-0.15, -0.1) is 12.4 Å². The van der Waals surface area contributed by atoms with Gasteiger partial charge in [-0.25, -0.2) is 0 Å². The second-order valence-corrected chi connectivity index (χ2v) is 4.42. The van der Waals surface area contributed by atoms with Gasteiger partial charge in [0.05, 0.1) is 12.0 Å². The normalized spacial score (nSPS) is 12.5. The van der Waals surface area contributed by atoms with Crippen molar-refractivity contribution in [1.82, 2.24) is 4.90 Å².